The number of fused-ring (bicyclic) bond motifs is 1. The summed E-state index contributed by atoms with van der Waals surface area (Å²) in [7, 11) is 0. The van der Waals surface area contributed by atoms with E-state index in [0.29, 0.717) is 6.54 Å². The summed E-state index contributed by atoms with van der Waals surface area (Å²) < 4.78 is 44.3. The molecule has 0 saturated carbocycles. The van der Waals surface area contributed by atoms with E-state index in [-0.39, 0.29) is 19.3 Å². The Balaban J connectivity index is 1.63. The maximum absolute atomic E-state index is 11.7. The second-order valence-corrected chi connectivity index (χ2v) is 4.05. The van der Waals surface area contributed by atoms with Crippen LogP contribution in [0.2, 0.25) is 0 Å². The van der Waals surface area contributed by atoms with Gasteiger partial charge in [0.05, 0.1) is 6.61 Å². The number of hydrogen-bond acceptors (Lipinski definition) is 3. The first kappa shape index (κ1) is 13.2. The highest BCUT2D eigenvalue weighted by atomic mass is 19.4. The number of alkyl halides is 3. The van der Waals surface area contributed by atoms with Gasteiger partial charge in [-0.05, 0) is 11.6 Å². The van der Waals surface area contributed by atoms with Gasteiger partial charge in [0.2, 0.25) is 0 Å². The highest BCUT2D eigenvalue weighted by Crippen LogP contribution is 2.27. The van der Waals surface area contributed by atoms with Crippen molar-refractivity contribution in [1.29, 1.82) is 0 Å². The minimum Gasteiger partial charge on any atom is -0.488 e. The molecule has 6 heteroatoms. The number of benzene rings is 1. The van der Waals surface area contributed by atoms with Gasteiger partial charge < -0.3 is 10.1 Å². The lowest BCUT2D eigenvalue weighted by Gasteiger charge is -2.12. The Labute approximate surface area is 103 Å². The van der Waals surface area contributed by atoms with Crippen LogP contribution in [0.15, 0.2) is 24.3 Å². The van der Waals surface area contributed by atoms with Gasteiger partial charge >= 0.3 is 6.36 Å². The SMILES string of the molecule is FC(F)(F)OCCNCC1Cc2ccccc2O1. The molecule has 1 aliphatic heterocycles. The summed E-state index contributed by atoms with van der Waals surface area (Å²) in [4.78, 5) is 0. The average Bonchev–Trinajstić information content (AvgIpc) is 2.69. The van der Waals surface area contributed by atoms with Gasteiger partial charge in [-0.1, -0.05) is 18.2 Å². The zero-order chi connectivity index (χ0) is 13.0. The van der Waals surface area contributed by atoms with Gasteiger partial charge in [-0.2, -0.15) is 0 Å². The first-order valence-electron chi connectivity index (χ1n) is 5.70. The van der Waals surface area contributed by atoms with Crippen molar-refractivity contribution in [3.8, 4) is 5.75 Å². The van der Waals surface area contributed by atoms with Gasteiger partial charge in [-0.15, -0.1) is 13.2 Å². The van der Waals surface area contributed by atoms with Gasteiger partial charge in [0.1, 0.15) is 11.9 Å². The first-order valence-corrected chi connectivity index (χ1v) is 5.70. The van der Waals surface area contributed by atoms with Crippen LogP contribution in [0.25, 0.3) is 0 Å². The Morgan fingerprint density at radius 2 is 2.11 bits per heavy atom. The molecule has 2 rings (SSSR count). The molecule has 1 atom stereocenters. The highest BCUT2D eigenvalue weighted by Gasteiger charge is 2.28. The number of halogens is 3. The van der Waals surface area contributed by atoms with E-state index in [2.05, 4.69) is 10.1 Å². The number of rotatable bonds is 5. The van der Waals surface area contributed by atoms with Crippen LogP contribution in [-0.4, -0.2) is 32.2 Å². The van der Waals surface area contributed by atoms with Crippen molar-refractivity contribution in [3.05, 3.63) is 29.8 Å². The fraction of sp³-hybridized carbons (Fsp3) is 0.500. The summed E-state index contributed by atoms with van der Waals surface area (Å²) in [6.07, 6.45) is -3.79. The van der Waals surface area contributed by atoms with Crippen molar-refractivity contribution < 1.29 is 22.6 Å². The molecule has 100 valence electrons. The molecule has 1 aromatic carbocycles. The molecule has 0 saturated heterocycles. The van der Waals surface area contributed by atoms with E-state index in [0.717, 1.165) is 17.7 Å². The molecule has 0 spiro atoms. The third kappa shape index (κ3) is 3.89. The average molecular weight is 261 g/mol. The Bertz CT molecular complexity index is 370. The number of ether oxygens (including phenoxy) is 2. The fourth-order valence-corrected chi connectivity index (χ4v) is 1.87. The monoisotopic (exact) mass is 261 g/mol. The quantitative estimate of drug-likeness (QED) is 0.823. The Morgan fingerprint density at radius 1 is 1.33 bits per heavy atom. The van der Waals surface area contributed by atoms with Gasteiger partial charge in [0, 0.05) is 19.5 Å². The predicted molar refractivity (Wildman–Crippen MR) is 59.4 cm³/mol. The number of nitrogens with one attached hydrogen (secondary N) is 1. The molecular weight excluding hydrogens is 247 g/mol. The van der Waals surface area contributed by atoms with Crippen molar-refractivity contribution >= 4 is 0 Å². The van der Waals surface area contributed by atoms with Crippen LogP contribution in [0.5, 0.6) is 5.75 Å². The van der Waals surface area contributed by atoms with Crippen LogP contribution in [0.1, 0.15) is 5.56 Å². The van der Waals surface area contributed by atoms with Gasteiger partial charge in [-0.25, -0.2) is 0 Å². The molecule has 3 nitrogen and oxygen atoms in total. The molecule has 1 unspecified atom stereocenters. The van der Waals surface area contributed by atoms with E-state index in [1.807, 2.05) is 24.3 Å². The summed E-state index contributed by atoms with van der Waals surface area (Å²) in [5, 5.41) is 2.88. The molecule has 18 heavy (non-hydrogen) atoms. The van der Waals surface area contributed by atoms with Crippen LogP contribution >= 0.6 is 0 Å². The molecule has 0 fully saturated rings. The lowest BCUT2D eigenvalue weighted by Crippen LogP contribution is -2.33. The highest BCUT2D eigenvalue weighted by molar-refractivity contribution is 5.37. The Kier molecular flexibility index (Phi) is 4.08. The van der Waals surface area contributed by atoms with Crippen LogP contribution in [0.4, 0.5) is 13.2 Å². The van der Waals surface area contributed by atoms with Crippen molar-refractivity contribution in [2.75, 3.05) is 19.7 Å². The lowest BCUT2D eigenvalue weighted by atomic mass is 10.1. The second kappa shape index (κ2) is 5.58. The third-order valence-electron chi connectivity index (χ3n) is 2.63. The predicted octanol–water partition coefficient (Wildman–Crippen LogP) is 2.12. The summed E-state index contributed by atoms with van der Waals surface area (Å²) in [6, 6.07) is 7.71. The lowest BCUT2D eigenvalue weighted by molar-refractivity contribution is -0.323. The van der Waals surface area contributed by atoms with Gasteiger partial charge in [0.15, 0.2) is 0 Å². The molecule has 1 N–H and O–H groups in total. The Hall–Kier alpha value is -1.27. The smallest absolute Gasteiger partial charge is 0.488 e. The van der Waals surface area contributed by atoms with Crippen LogP contribution in [-0.2, 0) is 11.2 Å². The van der Waals surface area contributed by atoms with Crippen LogP contribution in [0, 0.1) is 0 Å². The van der Waals surface area contributed by atoms with Crippen molar-refractivity contribution in [1.82, 2.24) is 5.32 Å². The van der Waals surface area contributed by atoms with E-state index in [9.17, 15) is 13.2 Å². The third-order valence-corrected chi connectivity index (χ3v) is 2.63. The van der Waals surface area contributed by atoms with E-state index in [4.69, 9.17) is 4.74 Å². The maximum Gasteiger partial charge on any atom is 0.522 e. The second-order valence-electron chi connectivity index (χ2n) is 4.05. The molecule has 0 bridgehead atoms. The zero-order valence-electron chi connectivity index (χ0n) is 9.67. The standard InChI is InChI=1S/C12H14F3NO2/c13-12(14,15)17-6-5-16-8-10-7-9-3-1-2-4-11(9)18-10/h1-4,10,16H,5-8H2. The molecule has 1 heterocycles. The molecular formula is C12H14F3NO2. The van der Waals surface area contributed by atoms with Gasteiger partial charge in [0.25, 0.3) is 0 Å². The molecule has 0 radical (unpaired) electrons. The summed E-state index contributed by atoms with van der Waals surface area (Å²) in [6.45, 7) is 0.273. The minimum atomic E-state index is -4.55. The molecule has 1 aromatic rings. The first-order chi connectivity index (χ1) is 8.54. The summed E-state index contributed by atoms with van der Waals surface area (Å²) >= 11 is 0. The molecule has 0 aliphatic carbocycles. The van der Waals surface area contributed by atoms with E-state index in [1.165, 1.54) is 0 Å². The van der Waals surface area contributed by atoms with E-state index < -0.39 is 6.36 Å². The maximum atomic E-state index is 11.7. The van der Waals surface area contributed by atoms with E-state index in [1.54, 1.807) is 0 Å². The van der Waals surface area contributed by atoms with Crippen molar-refractivity contribution in [3.63, 3.8) is 0 Å². The van der Waals surface area contributed by atoms with Gasteiger partial charge in [-0.3, -0.25) is 4.74 Å². The Morgan fingerprint density at radius 3 is 2.83 bits per heavy atom. The summed E-state index contributed by atoms with van der Waals surface area (Å²) in [5.41, 5.74) is 1.14. The largest absolute Gasteiger partial charge is 0.522 e. The molecule has 1 aliphatic rings. The molecule has 0 aromatic heterocycles. The topological polar surface area (TPSA) is 30.5 Å². The van der Waals surface area contributed by atoms with Crippen molar-refractivity contribution in [2.45, 2.75) is 18.9 Å². The van der Waals surface area contributed by atoms with E-state index >= 15 is 0 Å². The normalized spacial score (nSPS) is 18.5. The molecule has 0 amide bonds. The zero-order valence-corrected chi connectivity index (χ0v) is 9.67. The number of para-hydroxylation sites is 1. The van der Waals surface area contributed by atoms with Crippen molar-refractivity contribution in [2.24, 2.45) is 0 Å². The fourth-order valence-electron chi connectivity index (χ4n) is 1.87. The summed E-state index contributed by atoms with van der Waals surface area (Å²) in [5.74, 6) is 0.857. The van der Waals surface area contributed by atoms with Crippen LogP contribution < -0.4 is 10.1 Å². The number of hydrogen-bond donors (Lipinski definition) is 1. The van der Waals surface area contributed by atoms with Crippen LogP contribution in [0.3, 0.4) is 0 Å². The minimum absolute atomic E-state index is 0.0201.